The molecule has 1 saturated heterocycles. The van der Waals surface area contributed by atoms with E-state index in [0.717, 1.165) is 16.7 Å². The molecule has 1 aliphatic rings. The molecule has 4 nitrogen and oxygen atoms in total. The Kier molecular flexibility index (Phi) is 2.57. The molecule has 2 heterocycles. The zero-order valence-electron chi connectivity index (χ0n) is 9.48. The minimum Gasteiger partial charge on any atom is -0.479 e. The van der Waals surface area contributed by atoms with Crippen molar-refractivity contribution in [3.63, 3.8) is 0 Å². The van der Waals surface area contributed by atoms with Crippen LogP contribution in [0.25, 0.3) is 11.1 Å². The maximum absolute atomic E-state index is 10.9. The van der Waals surface area contributed by atoms with Gasteiger partial charge in [0, 0.05) is 12.4 Å². The van der Waals surface area contributed by atoms with Crippen molar-refractivity contribution in [2.75, 3.05) is 0 Å². The van der Waals surface area contributed by atoms with Crippen LogP contribution in [-0.2, 0) is 9.53 Å². The minimum absolute atomic E-state index is 0.341. The number of carboxylic acid groups (broad SMARTS) is 1. The van der Waals surface area contributed by atoms with E-state index in [4.69, 9.17) is 9.84 Å². The topological polar surface area (TPSA) is 62.7 Å². The predicted molar refractivity (Wildman–Crippen MR) is 64.9 cm³/mol. The Morgan fingerprint density at radius 2 is 1.89 bits per heavy atom. The molecular weight excluding hydrogens is 230 g/mol. The highest BCUT2D eigenvalue weighted by Gasteiger charge is 2.47. The largest absolute Gasteiger partial charge is 0.479 e. The second kappa shape index (κ2) is 4.23. The van der Waals surface area contributed by atoms with E-state index in [1.165, 1.54) is 0 Å². The first-order valence-corrected chi connectivity index (χ1v) is 5.65. The number of carboxylic acids is 1. The van der Waals surface area contributed by atoms with E-state index in [2.05, 4.69) is 4.98 Å². The molecule has 1 aromatic carbocycles. The molecule has 2 atom stereocenters. The van der Waals surface area contributed by atoms with Gasteiger partial charge in [0.25, 0.3) is 0 Å². The van der Waals surface area contributed by atoms with Crippen LogP contribution in [0, 0.1) is 0 Å². The van der Waals surface area contributed by atoms with Crippen molar-refractivity contribution in [3.05, 3.63) is 54.4 Å². The first-order valence-electron chi connectivity index (χ1n) is 5.65. The summed E-state index contributed by atoms with van der Waals surface area (Å²) in [6, 6.07) is 11.5. The summed E-state index contributed by atoms with van der Waals surface area (Å²) in [6.45, 7) is 0. The summed E-state index contributed by atoms with van der Waals surface area (Å²) in [7, 11) is 0. The highest BCUT2D eigenvalue weighted by atomic mass is 16.6. The Labute approximate surface area is 104 Å². The Morgan fingerprint density at radius 1 is 1.17 bits per heavy atom. The Balaban J connectivity index is 2.00. The Bertz CT molecular complexity index is 583. The molecule has 1 aliphatic heterocycles. The molecule has 0 saturated carbocycles. The van der Waals surface area contributed by atoms with E-state index in [-0.39, 0.29) is 6.10 Å². The van der Waals surface area contributed by atoms with Gasteiger partial charge in [0.2, 0.25) is 0 Å². The minimum atomic E-state index is -0.912. The average Bonchev–Trinajstić information content (AvgIpc) is 3.20. The SMILES string of the molecule is O=C(O)C1OC1c1ccccc1-c1ccncc1. The highest BCUT2D eigenvalue weighted by molar-refractivity contribution is 5.78. The molecule has 0 aliphatic carbocycles. The number of epoxide rings is 1. The molecule has 90 valence electrons. The second-order valence-corrected chi connectivity index (χ2v) is 4.14. The summed E-state index contributed by atoms with van der Waals surface area (Å²) in [5.41, 5.74) is 2.92. The van der Waals surface area contributed by atoms with Crippen LogP contribution in [0.15, 0.2) is 48.8 Å². The van der Waals surface area contributed by atoms with E-state index in [1.54, 1.807) is 12.4 Å². The summed E-state index contributed by atoms with van der Waals surface area (Å²) >= 11 is 0. The average molecular weight is 241 g/mol. The van der Waals surface area contributed by atoms with Crippen molar-refractivity contribution in [1.29, 1.82) is 0 Å². The number of benzene rings is 1. The van der Waals surface area contributed by atoms with E-state index < -0.39 is 12.1 Å². The maximum Gasteiger partial charge on any atom is 0.335 e. The summed E-state index contributed by atoms with van der Waals surface area (Å²) in [4.78, 5) is 14.8. The van der Waals surface area contributed by atoms with E-state index in [1.807, 2.05) is 36.4 Å². The Morgan fingerprint density at radius 3 is 2.56 bits per heavy atom. The molecule has 0 radical (unpaired) electrons. The smallest absolute Gasteiger partial charge is 0.335 e. The van der Waals surface area contributed by atoms with Crippen molar-refractivity contribution in [2.45, 2.75) is 12.2 Å². The van der Waals surface area contributed by atoms with Crippen molar-refractivity contribution >= 4 is 5.97 Å². The lowest BCUT2D eigenvalue weighted by Crippen LogP contribution is -2.05. The second-order valence-electron chi connectivity index (χ2n) is 4.14. The number of aliphatic carboxylic acids is 1. The first kappa shape index (κ1) is 10.9. The van der Waals surface area contributed by atoms with E-state index in [0.29, 0.717) is 0 Å². The van der Waals surface area contributed by atoms with Crippen LogP contribution in [0.3, 0.4) is 0 Å². The molecule has 18 heavy (non-hydrogen) atoms. The number of nitrogens with zero attached hydrogens (tertiary/aromatic N) is 1. The molecule has 4 heteroatoms. The number of carbonyl (C=O) groups is 1. The summed E-state index contributed by atoms with van der Waals surface area (Å²) < 4.78 is 5.21. The van der Waals surface area contributed by atoms with Crippen LogP contribution < -0.4 is 0 Å². The molecule has 0 amide bonds. The highest BCUT2D eigenvalue weighted by Crippen LogP contribution is 2.42. The molecule has 2 unspecified atom stereocenters. The first-order chi connectivity index (χ1) is 8.77. The number of aromatic nitrogens is 1. The molecule has 0 bridgehead atoms. The van der Waals surface area contributed by atoms with Gasteiger partial charge in [-0.15, -0.1) is 0 Å². The van der Waals surface area contributed by atoms with Crippen LogP contribution in [0.5, 0.6) is 0 Å². The number of hydrogen-bond acceptors (Lipinski definition) is 3. The normalized spacial score (nSPS) is 21.6. The van der Waals surface area contributed by atoms with E-state index >= 15 is 0 Å². The van der Waals surface area contributed by atoms with Gasteiger partial charge in [0.15, 0.2) is 6.10 Å². The molecule has 1 fully saturated rings. The van der Waals surface area contributed by atoms with Gasteiger partial charge in [-0.1, -0.05) is 24.3 Å². The fourth-order valence-electron chi connectivity index (χ4n) is 2.08. The third-order valence-electron chi connectivity index (χ3n) is 2.99. The third kappa shape index (κ3) is 1.87. The zero-order valence-corrected chi connectivity index (χ0v) is 9.48. The molecule has 0 spiro atoms. The quantitative estimate of drug-likeness (QED) is 0.837. The maximum atomic E-state index is 10.9. The molecule has 1 aromatic heterocycles. The van der Waals surface area contributed by atoms with Gasteiger partial charge in [0.05, 0.1) is 0 Å². The predicted octanol–water partition coefficient (Wildman–Crippen LogP) is 2.27. The van der Waals surface area contributed by atoms with Gasteiger partial charge in [-0.05, 0) is 28.8 Å². The monoisotopic (exact) mass is 241 g/mol. The third-order valence-corrected chi connectivity index (χ3v) is 2.99. The zero-order chi connectivity index (χ0) is 12.5. The fourth-order valence-corrected chi connectivity index (χ4v) is 2.08. The van der Waals surface area contributed by atoms with Crippen LogP contribution in [0.4, 0.5) is 0 Å². The van der Waals surface area contributed by atoms with Crippen LogP contribution in [-0.4, -0.2) is 22.2 Å². The number of pyridine rings is 1. The van der Waals surface area contributed by atoms with Crippen molar-refractivity contribution in [3.8, 4) is 11.1 Å². The molecule has 2 aromatic rings. The van der Waals surface area contributed by atoms with E-state index in [9.17, 15) is 4.79 Å². The lowest BCUT2D eigenvalue weighted by molar-refractivity contribution is -0.138. The van der Waals surface area contributed by atoms with Crippen LogP contribution in [0.1, 0.15) is 11.7 Å². The summed E-state index contributed by atoms with van der Waals surface area (Å²) in [5.74, 6) is -0.912. The van der Waals surface area contributed by atoms with Crippen LogP contribution >= 0.6 is 0 Å². The van der Waals surface area contributed by atoms with Gasteiger partial charge < -0.3 is 9.84 Å². The van der Waals surface area contributed by atoms with Gasteiger partial charge in [0.1, 0.15) is 6.10 Å². The van der Waals surface area contributed by atoms with Gasteiger partial charge in [-0.2, -0.15) is 0 Å². The fraction of sp³-hybridized carbons (Fsp3) is 0.143. The van der Waals surface area contributed by atoms with Crippen molar-refractivity contribution in [2.24, 2.45) is 0 Å². The lowest BCUT2D eigenvalue weighted by Gasteiger charge is -2.06. The van der Waals surface area contributed by atoms with Crippen molar-refractivity contribution in [1.82, 2.24) is 4.98 Å². The molecule has 1 N–H and O–H groups in total. The number of hydrogen-bond donors (Lipinski definition) is 1. The number of rotatable bonds is 3. The standard InChI is InChI=1S/C14H11NO3/c16-14(17)13-12(18-13)11-4-2-1-3-10(11)9-5-7-15-8-6-9/h1-8,12-13H,(H,16,17). The van der Waals surface area contributed by atoms with Gasteiger partial charge in [-0.25, -0.2) is 4.79 Å². The lowest BCUT2D eigenvalue weighted by atomic mass is 9.97. The summed E-state index contributed by atoms with van der Waals surface area (Å²) in [5, 5.41) is 8.91. The van der Waals surface area contributed by atoms with Gasteiger partial charge in [-0.3, -0.25) is 4.98 Å². The number of ether oxygens (including phenoxy) is 1. The molecular formula is C14H11NO3. The Hall–Kier alpha value is -2.20. The molecule has 3 rings (SSSR count). The van der Waals surface area contributed by atoms with Gasteiger partial charge >= 0.3 is 5.97 Å². The van der Waals surface area contributed by atoms with Crippen molar-refractivity contribution < 1.29 is 14.6 Å². The van der Waals surface area contributed by atoms with Crippen LogP contribution in [0.2, 0.25) is 0 Å². The summed E-state index contributed by atoms with van der Waals surface area (Å²) in [6.07, 6.45) is 2.38.